The third-order valence-corrected chi connectivity index (χ3v) is 10.0. The molecule has 222 valence electrons. The Kier molecular flexibility index (Phi) is 7.05. The zero-order valence-corrected chi connectivity index (χ0v) is 24.7. The van der Waals surface area contributed by atoms with Crippen LogP contribution in [-0.2, 0) is 17.6 Å². The van der Waals surface area contributed by atoms with Crippen molar-refractivity contribution in [2.75, 3.05) is 44.7 Å². The number of fused-ring (bicyclic) bond motifs is 2. The second kappa shape index (κ2) is 10.9. The number of benzene rings is 2. The van der Waals surface area contributed by atoms with Crippen LogP contribution in [0.25, 0.3) is 22.0 Å². The van der Waals surface area contributed by atoms with Gasteiger partial charge in [0, 0.05) is 36.6 Å². The Labute approximate surface area is 251 Å². The molecule has 2 aromatic carbocycles. The minimum atomic E-state index is -0.372. The van der Waals surface area contributed by atoms with Crippen LogP contribution in [0.1, 0.15) is 43.2 Å². The van der Waals surface area contributed by atoms with Crippen LogP contribution in [0.5, 0.6) is 6.01 Å². The van der Waals surface area contributed by atoms with Crippen LogP contribution < -0.4 is 9.64 Å². The molecule has 4 aliphatic rings. The van der Waals surface area contributed by atoms with Crippen LogP contribution in [0.4, 0.5) is 10.2 Å². The van der Waals surface area contributed by atoms with E-state index >= 15 is 4.39 Å². The first kappa shape index (κ1) is 27.8. The summed E-state index contributed by atoms with van der Waals surface area (Å²) in [5.74, 6) is -0.00604. The second-order valence-electron chi connectivity index (χ2n) is 12.7. The molecular weight excluding hydrogens is 543 g/mol. The highest BCUT2D eigenvalue weighted by Crippen LogP contribution is 2.57. The number of aromatic nitrogens is 2. The number of nitriles is 1. The lowest BCUT2D eigenvalue weighted by atomic mass is 9.95. The van der Waals surface area contributed by atoms with Gasteiger partial charge in [-0.25, -0.2) is 4.39 Å². The number of anilines is 1. The predicted octanol–water partition coefficient (Wildman–Crippen LogP) is 4.90. The summed E-state index contributed by atoms with van der Waals surface area (Å²) in [5, 5.41) is 10.1. The van der Waals surface area contributed by atoms with E-state index < -0.39 is 0 Å². The fourth-order valence-electron chi connectivity index (χ4n) is 7.37. The lowest BCUT2D eigenvalue weighted by Gasteiger charge is -2.41. The Balaban J connectivity index is 1.29. The molecule has 1 saturated carbocycles. The molecule has 3 heterocycles. The van der Waals surface area contributed by atoms with E-state index in [1.165, 1.54) is 30.0 Å². The molecule has 0 bridgehead atoms. The maximum atomic E-state index is 16.7. The number of amides is 1. The van der Waals surface area contributed by atoms with Gasteiger partial charge >= 0.3 is 6.01 Å². The molecule has 7 rings (SSSR count). The van der Waals surface area contributed by atoms with Gasteiger partial charge < -0.3 is 19.4 Å². The lowest BCUT2D eigenvalue weighted by molar-refractivity contribution is -0.128. The quantitative estimate of drug-likeness (QED) is 0.368. The molecule has 8 nitrogen and oxygen atoms in total. The number of ether oxygens (including phenoxy) is 1. The molecule has 2 aliphatic heterocycles. The summed E-state index contributed by atoms with van der Waals surface area (Å²) in [7, 11) is 2.09. The van der Waals surface area contributed by atoms with Crippen LogP contribution in [0.2, 0.25) is 0 Å². The SMILES string of the molecule is C=CC(=O)N1CCN(c2nc(OC[C@@H]3CCCN3C)nc3c(F)c(-c4cccc5c4CC4(CC4)C5)ccc23)C[C@@H]1CC#N. The second-order valence-corrected chi connectivity index (χ2v) is 12.7. The van der Waals surface area contributed by atoms with E-state index in [4.69, 9.17) is 9.72 Å². The number of halogens is 1. The van der Waals surface area contributed by atoms with Crippen LogP contribution in [0.15, 0.2) is 43.0 Å². The number of carbonyl (C=O) groups excluding carboxylic acids is 1. The molecule has 3 fully saturated rings. The molecule has 9 heteroatoms. The molecule has 2 aliphatic carbocycles. The largest absolute Gasteiger partial charge is 0.462 e. The Morgan fingerprint density at radius 1 is 1.16 bits per heavy atom. The number of likely N-dealkylation sites (N-methyl/N-ethyl adjacent to an activating group) is 1. The fraction of sp³-hybridized carbons (Fsp3) is 0.471. The molecule has 2 saturated heterocycles. The molecule has 2 atom stereocenters. The van der Waals surface area contributed by atoms with E-state index in [9.17, 15) is 10.1 Å². The maximum Gasteiger partial charge on any atom is 0.319 e. The van der Waals surface area contributed by atoms with Gasteiger partial charge in [0.15, 0.2) is 5.82 Å². The van der Waals surface area contributed by atoms with Gasteiger partial charge in [-0.1, -0.05) is 30.8 Å². The first-order chi connectivity index (χ1) is 20.9. The molecule has 1 amide bonds. The van der Waals surface area contributed by atoms with Crippen molar-refractivity contribution in [2.24, 2.45) is 5.41 Å². The Morgan fingerprint density at radius 2 is 2.02 bits per heavy atom. The molecule has 0 N–H and O–H groups in total. The Bertz CT molecular complexity index is 1650. The summed E-state index contributed by atoms with van der Waals surface area (Å²) in [6.45, 7) is 6.35. The maximum absolute atomic E-state index is 16.7. The highest BCUT2D eigenvalue weighted by atomic mass is 19.1. The third kappa shape index (κ3) is 5.02. The molecule has 1 aromatic heterocycles. The van der Waals surface area contributed by atoms with E-state index in [1.54, 1.807) is 4.90 Å². The van der Waals surface area contributed by atoms with Crippen molar-refractivity contribution in [2.45, 2.75) is 57.0 Å². The summed E-state index contributed by atoms with van der Waals surface area (Å²) in [5.41, 5.74) is 4.70. The van der Waals surface area contributed by atoms with Gasteiger partial charge in [0.25, 0.3) is 0 Å². The van der Waals surface area contributed by atoms with Gasteiger partial charge in [-0.05, 0) is 86.4 Å². The monoisotopic (exact) mass is 580 g/mol. The van der Waals surface area contributed by atoms with Crippen molar-refractivity contribution >= 4 is 22.6 Å². The highest BCUT2D eigenvalue weighted by molar-refractivity contribution is 5.94. The van der Waals surface area contributed by atoms with Crippen molar-refractivity contribution < 1.29 is 13.9 Å². The molecule has 3 aromatic rings. The summed E-state index contributed by atoms with van der Waals surface area (Å²) in [6, 6.07) is 12.3. The van der Waals surface area contributed by atoms with Crippen LogP contribution in [0.3, 0.4) is 0 Å². The zero-order valence-electron chi connectivity index (χ0n) is 24.7. The van der Waals surface area contributed by atoms with Crippen molar-refractivity contribution in [1.82, 2.24) is 19.8 Å². The molecule has 0 radical (unpaired) electrons. The van der Waals surface area contributed by atoms with Gasteiger partial charge in [0.05, 0.1) is 18.5 Å². The van der Waals surface area contributed by atoms with E-state index in [1.807, 2.05) is 29.2 Å². The minimum Gasteiger partial charge on any atom is -0.462 e. The molecular formula is C34H37FN6O2. The number of hydrogen-bond donors (Lipinski definition) is 0. The average molecular weight is 581 g/mol. The van der Waals surface area contributed by atoms with E-state index in [-0.39, 0.29) is 41.8 Å². The number of piperazine rings is 1. The Hall–Kier alpha value is -4.03. The number of likely N-dealkylation sites (tertiary alicyclic amines) is 1. The van der Waals surface area contributed by atoms with Gasteiger partial charge in [-0.2, -0.15) is 15.2 Å². The number of carbonyl (C=O) groups is 1. The molecule has 1 spiro atoms. The smallest absolute Gasteiger partial charge is 0.319 e. The highest BCUT2D eigenvalue weighted by Gasteiger charge is 2.47. The summed E-state index contributed by atoms with van der Waals surface area (Å²) >= 11 is 0. The molecule has 0 unspecified atom stereocenters. The first-order valence-corrected chi connectivity index (χ1v) is 15.4. The van der Waals surface area contributed by atoms with Crippen molar-refractivity contribution in [3.05, 3.63) is 59.9 Å². The number of nitrogens with zero attached hydrogens (tertiary/aromatic N) is 6. The number of hydrogen-bond acceptors (Lipinski definition) is 7. The van der Waals surface area contributed by atoms with E-state index in [0.717, 1.165) is 37.8 Å². The number of rotatable bonds is 7. The summed E-state index contributed by atoms with van der Waals surface area (Å²) in [4.78, 5) is 28.0. The summed E-state index contributed by atoms with van der Waals surface area (Å²) < 4.78 is 22.9. The van der Waals surface area contributed by atoms with E-state index in [0.29, 0.717) is 48.4 Å². The third-order valence-electron chi connectivity index (χ3n) is 10.0. The Morgan fingerprint density at radius 3 is 2.77 bits per heavy atom. The van der Waals surface area contributed by atoms with Gasteiger partial charge in [0.2, 0.25) is 5.91 Å². The van der Waals surface area contributed by atoms with Crippen molar-refractivity contribution in [3.63, 3.8) is 0 Å². The lowest BCUT2D eigenvalue weighted by Crippen LogP contribution is -2.55. The van der Waals surface area contributed by atoms with Crippen molar-refractivity contribution in [1.29, 1.82) is 5.26 Å². The van der Waals surface area contributed by atoms with Gasteiger partial charge in [-0.15, -0.1) is 0 Å². The topological polar surface area (TPSA) is 85.6 Å². The average Bonchev–Trinajstić information content (AvgIpc) is 3.46. The molecule has 43 heavy (non-hydrogen) atoms. The minimum absolute atomic E-state index is 0.149. The van der Waals surface area contributed by atoms with Crippen molar-refractivity contribution in [3.8, 4) is 23.2 Å². The van der Waals surface area contributed by atoms with Gasteiger partial charge in [-0.3, -0.25) is 4.79 Å². The van der Waals surface area contributed by atoms with Crippen LogP contribution in [-0.4, -0.2) is 77.6 Å². The first-order valence-electron chi connectivity index (χ1n) is 15.4. The van der Waals surface area contributed by atoms with E-state index in [2.05, 4.69) is 35.6 Å². The predicted molar refractivity (Wildman–Crippen MR) is 163 cm³/mol. The normalized spacial score (nSPS) is 22.5. The fourth-order valence-corrected chi connectivity index (χ4v) is 7.37. The standard InChI is InChI=1S/C34H37FN6O2/c1-3-29(42)41-17-16-40(20-23(41)11-14-36)32-27-10-9-26(25-8-4-6-22-18-34(12-13-34)19-28(22)25)30(35)31(27)37-33(38-32)43-21-24-7-5-15-39(24)2/h3-4,6,8-10,23-24H,1,5,7,11-13,15-21H2,2H3/t23-,24-/m0/s1. The van der Waals surface area contributed by atoms with Crippen LogP contribution in [0, 0.1) is 22.6 Å². The summed E-state index contributed by atoms with van der Waals surface area (Å²) in [6.07, 6.45) is 8.18. The zero-order chi connectivity index (χ0) is 29.7. The van der Waals surface area contributed by atoms with Gasteiger partial charge in [0.1, 0.15) is 17.9 Å². The van der Waals surface area contributed by atoms with Crippen LogP contribution >= 0.6 is 0 Å².